The zero-order chi connectivity index (χ0) is 13.0. The predicted molar refractivity (Wildman–Crippen MR) is 68.9 cm³/mol. The van der Waals surface area contributed by atoms with Crippen molar-refractivity contribution in [3.63, 3.8) is 0 Å². The average Bonchev–Trinajstić information content (AvgIpc) is 2.90. The van der Waals surface area contributed by atoms with Gasteiger partial charge in [-0.05, 0) is 36.2 Å². The van der Waals surface area contributed by atoms with E-state index < -0.39 is 0 Å². The number of hydrogen-bond donors (Lipinski definition) is 1. The van der Waals surface area contributed by atoms with Crippen molar-refractivity contribution >= 4 is 0 Å². The molecule has 4 nitrogen and oxygen atoms in total. The lowest BCUT2D eigenvalue weighted by atomic mass is 10.00. The molecule has 18 heavy (non-hydrogen) atoms. The second-order valence-corrected chi connectivity index (χ2v) is 4.05. The summed E-state index contributed by atoms with van der Waals surface area (Å²) in [4.78, 5) is 0. The summed E-state index contributed by atoms with van der Waals surface area (Å²) in [5.74, 6) is 1.54. The molecule has 96 valence electrons. The van der Waals surface area contributed by atoms with E-state index in [9.17, 15) is 0 Å². The van der Waals surface area contributed by atoms with Crippen LogP contribution in [0.1, 0.15) is 17.2 Å². The lowest BCUT2D eigenvalue weighted by Crippen LogP contribution is -2.14. The van der Waals surface area contributed by atoms with Crippen molar-refractivity contribution in [1.29, 1.82) is 0 Å². The van der Waals surface area contributed by atoms with Crippen LogP contribution in [0.2, 0.25) is 0 Å². The van der Waals surface area contributed by atoms with Crippen molar-refractivity contribution in [2.45, 2.75) is 12.5 Å². The van der Waals surface area contributed by atoms with Crippen LogP contribution in [0.3, 0.4) is 0 Å². The van der Waals surface area contributed by atoms with Crippen molar-refractivity contribution in [1.82, 2.24) is 0 Å². The number of hydrogen-bond acceptors (Lipinski definition) is 4. The number of nitrogens with two attached hydrogens (primary N) is 1. The van der Waals surface area contributed by atoms with Gasteiger partial charge in [-0.15, -0.1) is 0 Å². The molecule has 0 spiro atoms. The third-order valence-electron chi connectivity index (χ3n) is 2.87. The number of furan rings is 1. The van der Waals surface area contributed by atoms with Crippen LogP contribution >= 0.6 is 0 Å². The monoisotopic (exact) mass is 247 g/mol. The van der Waals surface area contributed by atoms with Crippen LogP contribution in [0.15, 0.2) is 41.2 Å². The third kappa shape index (κ3) is 2.65. The van der Waals surface area contributed by atoms with Gasteiger partial charge in [0.15, 0.2) is 0 Å². The molecule has 0 aliphatic carbocycles. The molecule has 0 radical (unpaired) electrons. The van der Waals surface area contributed by atoms with Crippen molar-refractivity contribution in [2.24, 2.45) is 5.73 Å². The first-order valence-electron chi connectivity index (χ1n) is 5.73. The molecular formula is C14H17NO3. The standard InChI is InChI=1S/C14H17NO3/c1-16-11-3-4-14(17-2)12(8-11)13(15)7-10-5-6-18-9-10/h3-6,8-9,13H,7,15H2,1-2H3. The van der Waals surface area contributed by atoms with Crippen LogP contribution in [0.25, 0.3) is 0 Å². The van der Waals surface area contributed by atoms with E-state index in [1.807, 2.05) is 24.3 Å². The smallest absolute Gasteiger partial charge is 0.123 e. The number of benzene rings is 1. The van der Waals surface area contributed by atoms with E-state index in [1.165, 1.54) is 0 Å². The maximum absolute atomic E-state index is 6.21. The van der Waals surface area contributed by atoms with Crippen molar-refractivity contribution in [3.8, 4) is 11.5 Å². The SMILES string of the molecule is COc1ccc(OC)c(C(N)Cc2ccoc2)c1. The quantitative estimate of drug-likeness (QED) is 0.882. The van der Waals surface area contributed by atoms with Gasteiger partial charge in [0.25, 0.3) is 0 Å². The molecule has 0 saturated heterocycles. The van der Waals surface area contributed by atoms with E-state index in [0.717, 1.165) is 22.6 Å². The molecule has 1 aromatic carbocycles. The highest BCUT2D eigenvalue weighted by molar-refractivity contribution is 5.42. The minimum absolute atomic E-state index is 0.160. The van der Waals surface area contributed by atoms with Crippen molar-refractivity contribution < 1.29 is 13.9 Å². The van der Waals surface area contributed by atoms with E-state index in [0.29, 0.717) is 6.42 Å². The van der Waals surface area contributed by atoms with Crippen LogP contribution in [0.5, 0.6) is 11.5 Å². The third-order valence-corrected chi connectivity index (χ3v) is 2.87. The molecule has 0 saturated carbocycles. The molecule has 1 aromatic heterocycles. The summed E-state index contributed by atoms with van der Waals surface area (Å²) in [6, 6.07) is 7.37. The van der Waals surface area contributed by atoms with Gasteiger partial charge in [-0.3, -0.25) is 0 Å². The Morgan fingerprint density at radius 1 is 1.22 bits per heavy atom. The molecule has 4 heteroatoms. The molecule has 2 rings (SSSR count). The number of methoxy groups -OCH3 is 2. The van der Waals surface area contributed by atoms with Gasteiger partial charge < -0.3 is 19.6 Å². The van der Waals surface area contributed by atoms with Gasteiger partial charge in [0.1, 0.15) is 11.5 Å². The number of rotatable bonds is 5. The largest absolute Gasteiger partial charge is 0.497 e. The van der Waals surface area contributed by atoms with E-state index >= 15 is 0 Å². The highest BCUT2D eigenvalue weighted by atomic mass is 16.5. The zero-order valence-corrected chi connectivity index (χ0v) is 10.6. The summed E-state index contributed by atoms with van der Waals surface area (Å²) >= 11 is 0. The van der Waals surface area contributed by atoms with Crippen LogP contribution < -0.4 is 15.2 Å². The Bertz CT molecular complexity index is 494. The summed E-state index contributed by atoms with van der Waals surface area (Å²) in [6.45, 7) is 0. The Hall–Kier alpha value is -1.94. The topological polar surface area (TPSA) is 57.6 Å². The van der Waals surface area contributed by atoms with Gasteiger partial charge in [0, 0.05) is 11.6 Å². The van der Waals surface area contributed by atoms with Gasteiger partial charge in [-0.2, -0.15) is 0 Å². The van der Waals surface area contributed by atoms with E-state index in [2.05, 4.69) is 0 Å². The fourth-order valence-electron chi connectivity index (χ4n) is 1.90. The molecule has 1 atom stereocenters. The van der Waals surface area contributed by atoms with Gasteiger partial charge in [-0.25, -0.2) is 0 Å². The fourth-order valence-corrected chi connectivity index (χ4v) is 1.90. The normalized spacial score (nSPS) is 12.2. The summed E-state index contributed by atoms with van der Waals surface area (Å²) < 4.78 is 15.6. The maximum Gasteiger partial charge on any atom is 0.123 e. The Morgan fingerprint density at radius 3 is 2.67 bits per heavy atom. The van der Waals surface area contributed by atoms with Crippen molar-refractivity contribution in [3.05, 3.63) is 47.9 Å². The first kappa shape index (κ1) is 12.5. The summed E-state index contributed by atoms with van der Waals surface area (Å²) in [5.41, 5.74) is 8.20. The molecule has 1 unspecified atom stereocenters. The average molecular weight is 247 g/mol. The lowest BCUT2D eigenvalue weighted by Gasteiger charge is -2.16. The highest BCUT2D eigenvalue weighted by Gasteiger charge is 2.14. The maximum atomic E-state index is 6.21. The Kier molecular flexibility index (Phi) is 3.89. The van der Waals surface area contributed by atoms with Crippen LogP contribution in [-0.2, 0) is 6.42 Å². The molecule has 0 aliphatic rings. The Labute approximate surface area is 106 Å². The van der Waals surface area contributed by atoms with Gasteiger partial charge in [0.2, 0.25) is 0 Å². The first-order valence-corrected chi connectivity index (χ1v) is 5.73. The predicted octanol–water partition coefficient (Wildman–Crippen LogP) is 2.54. The molecule has 2 N–H and O–H groups in total. The van der Waals surface area contributed by atoms with Crippen molar-refractivity contribution in [2.75, 3.05) is 14.2 Å². The summed E-state index contributed by atoms with van der Waals surface area (Å²) in [7, 11) is 3.27. The van der Waals surface area contributed by atoms with Gasteiger partial charge in [0.05, 0.1) is 26.7 Å². The van der Waals surface area contributed by atoms with E-state index in [-0.39, 0.29) is 6.04 Å². The minimum Gasteiger partial charge on any atom is -0.497 e. The second kappa shape index (κ2) is 5.60. The van der Waals surface area contributed by atoms with Gasteiger partial charge in [-0.1, -0.05) is 0 Å². The molecule has 0 amide bonds. The number of ether oxygens (including phenoxy) is 2. The molecule has 2 aromatic rings. The van der Waals surface area contributed by atoms with E-state index in [4.69, 9.17) is 19.6 Å². The van der Waals surface area contributed by atoms with Crippen LogP contribution in [0.4, 0.5) is 0 Å². The Balaban J connectivity index is 2.24. The molecular weight excluding hydrogens is 230 g/mol. The lowest BCUT2D eigenvalue weighted by molar-refractivity contribution is 0.395. The molecule has 1 heterocycles. The summed E-state index contributed by atoms with van der Waals surface area (Å²) in [5, 5.41) is 0. The zero-order valence-electron chi connectivity index (χ0n) is 10.6. The molecule has 0 aliphatic heterocycles. The van der Waals surface area contributed by atoms with Crippen LogP contribution in [-0.4, -0.2) is 14.2 Å². The summed E-state index contributed by atoms with van der Waals surface area (Å²) in [6.07, 6.45) is 4.04. The fraction of sp³-hybridized carbons (Fsp3) is 0.286. The molecule has 0 bridgehead atoms. The first-order chi connectivity index (χ1) is 8.74. The second-order valence-electron chi connectivity index (χ2n) is 4.05. The highest BCUT2D eigenvalue weighted by Crippen LogP contribution is 2.29. The molecule has 0 fully saturated rings. The van der Waals surface area contributed by atoms with Gasteiger partial charge >= 0.3 is 0 Å². The van der Waals surface area contributed by atoms with E-state index in [1.54, 1.807) is 26.7 Å². The van der Waals surface area contributed by atoms with Crippen LogP contribution in [0, 0.1) is 0 Å². The Morgan fingerprint density at radius 2 is 2.06 bits per heavy atom. The minimum atomic E-state index is -0.160.